The Bertz CT molecular complexity index is 470. The zero-order valence-corrected chi connectivity index (χ0v) is 9.95. The Hall–Kier alpha value is -1.46. The van der Waals surface area contributed by atoms with E-state index in [1.165, 1.54) is 23.9 Å². The molecule has 0 aliphatic carbocycles. The van der Waals surface area contributed by atoms with E-state index in [4.69, 9.17) is 5.73 Å². The highest BCUT2D eigenvalue weighted by Gasteiger charge is 2.01. The van der Waals surface area contributed by atoms with Crippen LogP contribution >= 0.6 is 11.8 Å². The summed E-state index contributed by atoms with van der Waals surface area (Å²) in [5.41, 5.74) is 6.46. The predicted octanol–water partition coefficient (Wildman–Crippen LogP) is 2.27. The minimum absolute atomic E-state index is 0.242. The number of hydrogen-bond acceptors (Lipinski definition) is 4. The Kier molecular flexibility index (Phi) is 4.06. The fourth-order valence-corrected chi connectivity index (χ4v) is 1.99. The first-order chi connectivity index (χ1) is 8.28. The minimum Gasteiger partial charge on any atom is -0.330 e. The average molecular weight is 249 g/mol. The first kappa shape index (κ1) is 12.0. The van der Waals surface area contributed by atoms with Crippen molar-refractivity contribution in [3.63, 3.8) is 0 Å². The van der Waals surface area contributed by atoms with Crippen molar-refractivity contribution in [1.29, 1.82) is 0 Å². The van der Waals surface area contributed by atoms with E-state index in [2.05, 4.69) is 9.97 Å². The minimum atomic E-state index is -0.242. The molecule has 2 N–H and O–H groups in total. The number of halogens is 1. The van der Waals surface area contributed by atoms with Gasteiger partial charge in [-0.15, -0.1) is 0 Å². The van der Waals surface area contributed by atoms with Crippen LogP contribution in [0.15, 0.2) is 46.7 Å². The Labute approximate surface area is 103 Å². The van der Waals surface area contributed by atoms with Crippen LogP contribution in [0.2, 0.25) is 0 Å². The summed E-state index contributed by atoms with van der Waals surface area (Å²) in [7, 11) is 0. The predicted molar refractivity (Wildman–Crippen MR) is 65.3 cm³/mol. The van der Waals surface area contributed by atoms with Crippen molar-refractivity contribution in [2.45, 2.75) is 16.5 Å². The molecule has 0 unspecified atom stereocenters. The highest BCUT2D eigenvalue weighted by molar-refractivity contribution is 7.99. The molecule has 3 nitrogen and oxygen atoms in total. The van der Waals surface area contributed by atoms with Crippen molar-refractivity contribution in [2.75, 3.05) is 6.54 Å². The second kappa shape index (κ2) is 5.75. The molecule has 88 valence electrons. The monoisotopic (exact) mass is 249 g/mol. The van der Waals surface area contributed by atoms with E-state index in [1.54, 1.807) is 24.5 Å². The van der Waals surface area contributed by atoms with Gasteiger partial charge in [-0.3, -0.25) is 0 Å². The van der Waals surface area contributed by atoms with E-state index in [9.17, 15) is 4.39 Å². The van der Waals surface area contributed by atoms with Gasteiger partial charge in [-0.2, -0.15) is 0 Å². The summed E-state index contributed by atoms with van der Waals surface area (Å²) in [4.78, 5) is 9.35. The quantitative estimate of drug-likeness (QED) is 0.844. The molecule has 0 atom stereocenters. The van der Waals surface area contributed by atoms with Crippen molar-refractivity contribution >= 4 is 11.8 Å². The lowest BCUT2D eigenvalue weighted by molar-refractivity contribution is 0.626. The summed E-state index contributed by atoms with van der Waals surface area (Å²) in [5, 5.41) is 0.650. The number of rotatable bonds is 4. The molecule has 1 heterocycles. The summed E-state index contributed by atoms with van der Waals surface area (Å²) in [5.74, 6) is -0.242. The number of benzene rings is 1. The fraction of sp³-hybridized carbons (Fsp3) is 0.167. The summed E-state index contributed by atoms with van der Waals surface area (Å²) in [6, 6.07) is 6.25. The van der Waals surface area contributed by atoms with E-state index >= 15 is 0 Å². The van der Waals surface area contributed by atoms with Gasteiger partial charge in [0.25, 0.3) is 0 Å². The zero-order chi connectivity index (χ0) is 12.1. The van der Waals surface area contributed by atoms with Crippen LogP contribution in [0, 0.1) is 5.82 Å². The van der Waals surface area contributed by atoms with Gasteiger partial charge < -0.3 is 5.73 Å². The van der Waals surface area contributed by atoms with Crippen LogP contribution < -0.4 is 5.73 Å². The third kappa shape index (κ3) is 3.51. The van der Waals surface area contributed by atoms with Crippen molar-refractivity contribution in [2.24, 2.45) is 5.73 Å². The largest absolute Gasteiger partial charge is 0.330 e. The molecule has 1 aromatic carbocycles. The maximum atomic E-state index is 12.7. The van der Waals surface area contributed by atoms with Gasteiger partial charge in [-0.1, -0.05) is 0 Å². The van der Waals surface area contributed by atoms with E-state index in [0.717, 1.165) is 16.9 Å². The van der Waals surface area contributed by atoms with Gasteiger partial charge in [-0.05, 0) is 54.6 Å². The Morgan fingerprint density at radius 3 is 2.35 bits per heavy atom. The molecule has 0 aliphatic heterocycles. The van der Waals surface area contributed by atoms with E-state index in [-0.39, 0.29) is 5.82 Å². The normalized spacial score (nSPS) is 10.5. The van der Waals surface area contributed by atoms with Crippen LogP contribution in [0.1, 0.15) is 5.56 Å². The van der Waals surface area contributed by atoms with Gasteiger partial charge in [0.05, 0.1) is 0 Å². The second-order valence-electron chi connectivity index (χ2n) is 3.47. The molecular formula is C12H12FN3S. The smallest absolute Gasteiger partial charge is 0.192 e. The summed E-state index contributed by atoms with van der Waals surface area (Å²) >= 11 is 1.40. The molecule has 0 bridgehead atoms. The lowest BCUT2D eigenvalue weighted by atomic mass is 10.2. The molecule has 1 aromatic heterocycles. The zero-order valence-electron chi connectivity index (χ0n) is 9.14. The highest BCUT2D eigenvalue weighted by Crippen LogP contribution is 2.24. The highest BCUT2D eigenvalue weighted by atomic mass is 32.2. The van der Waals surface area contributed by atoms with Crippen molar-refractivity contribution in [3.05, 3.63) is 48.0 Å². The van der Waals surface area contributed by atoms with Crippen molar-refractivity contribution in [1.82, 2.24) is 9.97 Å². The average Bonchev–Trinajstić information content (AvgIpc) is 2.35. The van der Waals surface area contributed by atoms with Crippen LogP contribution in [0.25, 0.3) is 0 Å². The van der Waals surface area contributed by atoms with Crippen LogP contribution in [0.5, 0.6) is 0 Å². The summed E-state index contributed by atoms with van der Waals surface area (Å²) in [6.07, 6.45) is 4.32. The van der Waals surface area contributed by atoms with Crippen molar-refractivity contribution in [3.8, 4) is 0 Å². The molecule has 2 aromatic rings. The molecule has 0 saturated heterocycles. The summed E-state index contributed by atoms with van der Waals surface area (Å²) < 4.78 is 12.7. The maximum Gasteiger partial charge on any atom is 0.192 e. The van der Waals surface area contributed by atoms with E-state index in [1.807, 2.05) is 0 Å². The third-order valence-electron chi connectivity index (χ3n) is 2.14. The van der Waals surface area contributed by atoms with Gasteiger partial charge in [0.1, 0.15) is 5.82 Å². The van der Waals surface area contributed by atoms with Gasteiger partial charge in [0, 0.05) is 17.3 Å². The topological polar surface area (TPSA) is 51.8 Å². The van der Waals surface area contributed by atoms with E-state index < -0.39 is 0 Å². The van der Waals surface area contributed by atoms with E-state index in [0.29, 0.717) is 11.7 Å². The van der Waals surface area contributed by atoms with Gasteiger partial charge in [0.2, 0.25) is 0 Å². The van der Waals surface area contributed by atoms with Crippen LogP contribution in [-0.2, 0) is 6.42 Å². The van der Waals surface area contributed by atoms with Crippen LogP contribution in [-0.4, -0.2) is 16.5 Å². The Balaban J connectivity index is 2.05. The number of nitrogens with zero attached hydrogens (tertiary/aromatic N) is 2. The molecule has 0 saturated carbocycles. The molecule has 17 heavy (non-hydrogen) atoms. The van der Waals surface area contributed by atoms with Crippen LogP contribution in [0.4, 0.5) is 4.39 Å². The molecule has 0 aliphatic rings. The first-order valence-electron chi connectivity index (χ1n) is 5.22. The SMILES string of the molecule is NCCc1cnc(Sc2ccc(F)cc2)nc1. The maximum absolute atomic E-state index is 12.7. The molecule has 2 rings (SSSR count). The third-order valence-corrected chi connectivity index (χ3v) is 3.04. The lowest BCUT2D eigenvalue weighted by Gasteiger charge is -2.01. The number of nitrogens with two attached hydrogens (primary N) is 1. The number of hydrogen-bond donors (Lipinski definition) is 1. The van der Waals surface area contributed by atoms with Crippen LogP contribution in [0.3, 0.4) is 0 Å². The molecule has 0 radical (unpaired) electrons. The van der Waals surface area contributed by atoms with Gasteiger partial charge in [0.15, 0.2) is 5.16 Å². The first-order valence-corrected chi connectivity index (χ1v) is 6.04. The molecular weight excluding hydrogens is 237 g/mol. The molecule has 5 heteroatoms. The molecule has 0 spiro atoms. The lowest BCUT2D eigenvalue weighted by Crippen LogP contribution is -2.03. The Morgan fingerprint density at radius 1 is 1.12 bits per heavy atom. The molecule has 0 amide bonds. The standard InChI is InChI=1S/C12H12FN3S/c13-10-1-3-11(4-2-10)17-12-15-7-9(5-6-14)8-16-12/h1-4,7-8H,5-6,14H2. The number of aromatic nitrogens is 2. The van der Waals surface area contributed by atoms with Gasteiger partial charge >= 0.3 is 0 Å². The molecule has 0 fully saturated rings. The summed E-state index contributed by atoms with van der Waals surface area (Å²) in [6.45, 7) is 0.591. The fourth-order valence-electron chi connectivity index (χ4n) is 1.30. The van der Waals surface area contributed by atoms with Gasteiger partial charge in [-0.25, -0.2) is 14.4 Å². The Morgan fingerprint density at radius 2 is 1.76 bits per heavy atom. The van der Waals surface area contributed by atoms with Crippen molar-refractivity contribution < 1.29 is 4.39 Å². The second-order valence-corrected chi connectivity index (χ2v) is 4.51.